The lowest BCUT2D eigenvalue weighted by atomic mass is 10.1. The number of hydrogen-bond acceptors (Lipinski definition) is 3. The first-order chi connectivity index (χ1) is 9.66. The van der Waals surface area contributed by atoms with Crippen LogP contribution in [-0.2, 0) is 11.3 Å². The predicted octanol–water partition coefficient (Wildman–Crippen LogP) is 2.59. The topological polar surface area (TPSA) is 45.5 Å². The van der Waals surface area contributed by atoms with Crippen molar-refractivity contribution in [3.8, 4) is 0 Å². The van der Waals surface area contributed by atoms with Gasteiger partial charge in [-0.15, -0.1) is 0 Å². The highest BCUT2D eigenvalue weighted by Crippen LogP contribution is 2.17. The summed E-state index contributed by atoms with van der Waals surface area (Å²) in [5.41, 5.74) is 1.20. The summed E-state index contributed by atoms with van der Waals surface area (Å²) < 4.78 is 5.18. The molecular weight excluding hydrogens is 252 g/mol. The van der Waals surface area contributed by atoms with Crippen molar-refractivity contribution in [2.45, 2.75) is 19.5 Å². The normalized spacial score (nSPS) is 12.3. The van der Waals surface area contributed by atoms with Crippen LogP contribution in [-0.4, -0.2) is 24.4 Å². The molecule has 0 radical (unpaired) electrons. The molecule has 0 spiro atoms. The van der Waals surface area contributed by atoms with Crippen LogP contribution in [0.25, 0.3) is 0 Å². The molecular formula is C16H20N2O2. The molecule has 20 heavy (non-hydrogen) atoms. The molecule has 1 unspecified atom stereocenters. The van der Waals surface area contributed by atoms with Gasteiger partial charge in [0, 0.05) is 6.04 Å². The number of rotatable bonds is 6. The van der Waals surface area contributed by atoms with E-state index in [2.05, 4.69) is 24.4 Å². The smallest absolute Gasteiger partial charge is 0.234 e. The average Bonchev–Trinajstić information content (AvgIpc) is 2.98. The van der Waals surface area contributed by atoms with Gasteiger partial charge >= 0.3 is 0 Å². The van der Waals surface area contributed by atoms with Crippen LogP contribution in [0.4, 0.5) is 0 Å². The Morgan fingerprint density at radius 3 is 2.65 bits per heavy atom. The van der Waals surface area contributed by atoms with E-state index in [4.69, 9.17) is 4.42 Å². The van der Waals surface area contributed by atoms with Crippen molar-refractivity contribution < 1.29 is 9.21 Å². The second-order valence-electron chi connectivity index (χ2n) is 4.86. The highest BCUT2D eigenvalue weighted by Gasteiger charge is 2.14. The lowest BCUT2D eigenvalue weighted by Gasteiger charge is -2.24. The summed E-state index contributed by atoms with van der Waals surface area (Å²) in [5.74, 6) is 0.754. The third-order valence-electron chi connectivity index (χ3n) is 3.38. The monoisotopic (exact) mass is 272 g/mol. The van der Waals surface area contributed by atoms with E-state index in [0.29, 0.717) is 13.1 Å². The molecule has 0 saturated heterocycles. The molecule has 4 nitrogen and oxygen atoms in total. The summed E-state index contributed by atoms with van der Waals surface area (Å²) in [7, 11) is 1.95. The van der Waals surface area contributed by atoms with Crippen molar-refractivity contribution in [3.05, 3.63) is 60.1 Å². The van der Waals surface area contributed by atoms with Crippen molar-refractivity contribution >= 4 is 5.91 Å². The van der Waals surface area contributed by atoms with Gasteiger partial charge in [-0.05, 0) is 31.7 Å². The molecule has 1 heterocycles. The molecule has 2 aromatic rings. The Bertz CT molecular complexity index is 523. The number of amides is 1. The van der Waals surface area contributed by atoms with Gasteiger partial charge in [-0.25, -0.2) is 0 Å². The van der Waals surface area contributed by atoms with E-state index in [-0.39, 0.29) is 11.9 Å². The first kappa shape index (κ1) is 14.3. The molecule has 0 aliphatic heterocycles. The third-order valence-corrected chi connectivity index (χ3v) is 3.38. The Morgan fingerprint density at radius 2 is 2.00 bits per heavy atom. The molecule has 1 aromatic heterocycles. The molecule has 106 valence electrons. The highest BCUT2D eigenvalue weighted by molar-refractivity contribution is 5.77. The number of hydrogen-bond donors (Lipinski definition) is 1. The van der Waals surface area contributed by atoms with Crippen LogP contribution in [0.3, 0.4) is 0 Å². The van der Waals surface area contributed by atoms with Gasteiger partial charge in [-0.2, -0.15) is 0 Å². The van der Waals surface area contributed by atoms with E-state index >= 15 is 0 Å². The van der Waals surface area contributed by atoms with Crippen LogP contribution in [0.5, 0.6) is 0 Å². The molecule has 0 saturated carbocycles. The molecule has 1 aromatic carbocycles. The summed E-state index contributed by atoms with van der Waals surface area (Å²) in [4.78, 5) is 13.9. The van der Waals surface area contributed by atoms with Crippen LogP contribution < -0.4 is 5.32 Å². The van der Waals surface area contributed by atoms with Crippen molar-refractivity contribution in [2.24, 2.45) is 0 Å². The van der Waals surface area contributed by atoms with E-state index in [9.17, 15) is 4.79 Å². The number of nitrogens with one attached hydrogen (secondary N) is 1. The Kier molecular flexibility index (Phi) is 4.96. The summed E-state index contributed by atoms with van der Waals surface area (Å²) in [5, 5.41) is 2.85. The molecule has 2 rings (SSSR count). The maximum absolute atomic E-state index is 11.9. The van der Waals surface area contributed by atoms with Crippen LogP contribution in [0.2, 0.25) is 0 Å². The SMILES string of the molecule is CC(c1ccccc1)N(C)CC(=O)NCc1ccco1. The fraction of sp³-hybridized carbons (Fsp3) is 0.312. The lowest BCUT2D eigenvalue weighted by Crippen LogP contribution is -2.36. The molecule has 1 amide bonds. The van der Waals surface area contributed by atoms with Crippen LogP contribution in [0.1, 0.15) is 24.3 Å². The Morgan fingerprint density at radius 1 is 1.25 bits per heavy atom. The number of furan rings is 1. The zero-order valence-corrected chi connectivity index (χ0v) is 11.9. The zero-order chi connectivity index (χ0) is 14.4. The average molecular weight is 272 g/mol. The minimum atomic E-state index is -0.00770. The first-order valence-corrected chi connectivity index (χ1v) is 6.71. The minimum absolute atomic E-state index is 0.00770. The van der Waals surface area contributed by atoms with Crippen LogP contribution >= 0.6 is 0 Å². The third kappa shape index (κ3) is 3.96. The van der Waals surface area contributed by atoms with Crippen molar-refractivity contribution in [3.63, 3.8) is 0 Å². The van der Waals surface area contributed by atoms with Gasteiger partial charge in [-0.3, -0.25) is 9.69 Å². The van der Waals surface area contributed by atoms with E-state index in [1.54, 1.807) is 6.26 Å². The van der Waals surface area contributed by atoms with Crippen LogP contribution in [0, 0.1) is 0 Å². The Hall–Kier alpha value is -2.07. The molecule has 0 fully saturated rings. The van der Waals surface area contributed by atoms with Gasteiger partial charge in [0.1, 0.15) is 5.76 Å². The second-order valence-corrected chi connectivity index (χ2v) is 4.86. The number of likely N-dealkylation sites (N-methyl/N-ethyl adjacent to an activating group) is 1. The van der Waals surface area contributed by atoms with Gasteiger partial charge in [0.15, 0.2) is 0 Å². The van der Waals surface area contributed by atoms with Crippen molar-refractivity contribution in [2.75, 3.05) is 13.6 Å². The number of nitrogens with zero attached hydrogens (tertiary/aromatic N) is 1. The summed E-state index contributed by atoms with van der Waals surface area (Å²) in [6, 6.07) is 14.0. The quantitative estimate of drug-likeness (QED) is 0.879. The fourth-order valence-corrected chi connectivity index (χ4v) is 2.00. The first-order valence-electron chi connectivity index (χ1n) is 6.71. The fourth-order valence-electron chi connectivity index (χ4n) is 2.00. The van der Waals surface area contributed by atoms with Crippen molar-refractivity contribution in [1.29, 1.82) is 0 Å². The van der Waals surface area contributed by atoms with E-state index in [0.717, 1.165) is 5.76 Å². The standard InChI is InChI=1S/C16H20N2O2/c1-13(14-7-4-3-5-8-14)18(2)12-16(19)17-11-15-9-6-10-20-15/h3-10,13H,11-12H2,1-2H3,(H,17,19). The summed E-state index contributed by atoms with van der Waals surface area (Å²) in [6.07, 6.45) is 1.60. The second kappa shape index (κ2) is 6.91. The maximum atomic E-state index is 11.9. The Balaban J connectivity index is 1.81. The number of carbonyl (C=O) groups is 1. The Labute approximate surface area is 119 Å². The molecule has 0 aliphatic rings. The lowest BCUT2D eigenvalue weighted by molar-refractivity contribution is -0.122. The maximum Gasteiger partial charge on any atom is 0.234 e. The predicted molar refractivity (Wildman–Crippen MR) is 78.0 cm³/mol. The molecule has 1 atom stereocenters. The highest BCUT2D eigenvalue weighted by atomic mass is 16.3. The molecule has 0 bridgehead atoms. The molecule has 4 heteroatoms. The largest absolute Gasteiger partial charge is 0.467 e. The minimum Gasteiger partial charge on any atom is -0.467 e. The van der Waals surface area contributed by atoms with E-state index < -0.39 is 0 Å². The van der Waals surface area contributed by atoms with Gasteiger partial charge in [-0.1, -0.05) is 30.3 Å². The van der Waals surface area contributed by atoms with E-state index in [1.807, 2.05) is 42.3 Å². The van der Waals surface area contributed by atoms with Crippen molar-refractivity contribution in [1.82, 2.24) is 10.2 Å². The number of benzene rings is 1. The van der Waals surface area contributed by atoms with E-state index in [1.165, 1.54) is 5.56 Å². The summed E-state index contributed by atoms with van der Waals surface area (Å²) in [6.45, 7) is 2.88. The molecule has 0 aliphatic carbocycles. The van der Waals surface area contributed by atoms with Crippen LogP contribution in [0.15, 0.2) is 53.1 Å². The zero-order valence-electron chi connectivity index (χ0n) is 11.9. The summed E-state index contributed by atoms with van der Waals surface area (Å²) >= 11 is 0. The number of carbonyl (C=O) groups excluding carboxylic acids is 1. The van der Waals surface area contributed by atoms with Gasteiger partial charge in [0.05, 0.1) is 19.4 Å². The molecule has 1 N–H and O–H groups in total. The van der Waals surface area contributed by atoms with Gasteiger partial charge < -0.3 is 9.73 Å². The van der Waals surface area contributed by atoms with Gasteiger partial charge in [0.25, 0.3) is 0 Å². The van der Waals surface area contributed by atoms with Gasteiger partial charge in [0.2, 0.25) is 5.91 Å².